The molecule has 2 heterocycles. The first-order valence-corrected chi connectivity index (χ1v) is 5.37. The van der Waals surface area contributed by atoms with E-state index in [1.807, 2.05) is 10.6 Å². The molecule has 0 aromatic carbocycles. The van der Waals surface area contributed by atoms with E-state index in [1.54, 1.807) is 0 Å². The summed E-state index contributed by atoms with van der Waals surface area (Å²) in [5.41, 5.74) is 7.69. The summed E-state index contributed by atoms with van der Waals surface area (Å²) in [6.45, 7) is 2.82. The van der Waals surface area contributed by atoms with Gasteiger partial charge < -0.3 is 5.73 Å². The summed E-state index contributed by atoms with van der Waals surface area (Å²) in [6.07, 6.45) is 4.98. The Hall–Kier alpha value is -1.42. The first-order valence-electron chi connectivity index (χ1n) is 5.37. The number of nitrogens with zero attached hydrogens (tertiary/aromatic N) is 3. The van der Waals surface area contributed by atoms with Gasteiger partial charge in [0.2, 0.25) is 0 Å². The lowest BCUT2D eigenvalue weighted by atomic mass is 10.1. The average molecular weight is 204 g/mol. The number of aryl methyl sites for hydroxylation is 2. The van der Waals surface area contributed by atoms with E-state index in [9.17, 15) is 0 Å². The zero-order valence-corrected chi connectivity index (χ0v) is 8.98. The van der Waals surface area contributed by atoms with E-state index in [-0.39, 0.29) is 0 Å². The highest BCUT2D eigenvalue weighted by Crippen LogP contribution is 2.09. The SMILES string of the molecule is CCc1nnc2cc(CCCN)ccn12. The Kier molecular flexibility index (Phi) is 2.97. The van der Waals surface area contributed by atoms with Crippen LogP contribution in [0.4, 0.5) is 0 Å². The Morgan fingerprint density at radius 3 is 3.00 bits per heavy atom. The van der Waals surface area contributed by atoms with Crippen molar-refractivity contribution >= 4 is 5.65 Å². The van der Waals surface area contributed by atoms with Crippen molar-refractivity contribution in [2.24, 2.45) is 5.73 Å². The molecule has 80 valence electrons. The topological polar surface area (TPSA) is 56.2 Å². The second kappa shape index (κ2) is 4.40. The largest absolute Gasteiger partial charge is 0.330 e. The van der Waals surface area contributed by atoms with Crippen molar-refractivity contribution in [1.82, 2.24) is 14.6 Å². The molecule has 0 saturated carbocycles. The number of hydrogen-bond acceptors (Lipinski definition) is 3. The van der Waals surface area contributed by atoms with Gasteiger partial charge in [0.25, 0.3) is 0 Å². The van der Waals surface area contributed by atoms with Gasteiger partial charge in [0, 0.05) is 12.6 Å². The highest BCUT2D eigenvalue weighted by atomic mass is 15.2. The quantitative estimate of drug-likeness (QED) is 0.813. The minimum Gasteiger partial charge on any atom is -0.330 e. The molecule has 15 heavy (non-hydrogen) atoms. The van der Waals surface area contributed by atoms with Crippen molar-refractivity contribution in [2.75, 3.05) is 6.54 Å². The van der Waals surface area contributed by atoms with Crippen LogP contribution in [0, 0.1) is 0 Å². The minimum absolute atomic E-state index is 0.734. The molecule has 4 heteroatoms. The molecule has 2 aromatic rings. The van der Waals surface area contributed by atoms with E-state index in [1.165, 1.54) is 5.56 Å². The Morgan fingerprint density at radius 2 is 2.27 bits per heavy atom. The fourth-order valence-electron chi connectivity index (χ4n) is 1.69. The summed E-state index contributed by atoms with van der Waals surface area (Å²) >= 11 is 0. The van der Waals surface area contributed by atoms with Gasteiger partial charge in [0.05, 0.1) is 0 Å². The van der Waals surface area contributed by atoms with E-state index < -0.39 is 0 Å². The second-order valence-electron chi connectivity index (χ2n) is 3.63. The van der Waals surface area contributed by atoms with Crippen LogP contribution in [0.1, 0.15) is 24.7 Å². The lowest BCUT2D eigenvalue weighted by Gasteiger charge is -2.01. The molecule has 0 unspecified atom stereocenters. The van der Waals surface area contributed by atoms with Gasteiger partial charge in [-0.2, -0.15) is 0 Å². The number of pyridine rings is 1. The maximum absolute atomic E-state index is 5.48. The Morgan fingerprint density at radius 1 is 1.40 bits per heavy atom. The van der Waals surface area contributed by atoms with E-state index in [2.05, 4.69) is 29.3 Å². The molecule has 2 N–H and O–H groups in total. The number of fused-ring (bicyclic) bond motifs is 1. The van der Waals surface area contributed by atoms with Crippen LogP contribution in [-0.4, -0.2) is 21.1 Å². The van der Waals surface area contributed by atoms with E-state index in [4.69, 9.17) is 5.73 Å². The van der Waals surface area contributed by atoms with Gasteiger partial charge in [0.1, 0.15) is 5.82 Å². The standard InChI is InChI=1S/C11H16N4/c1-2-10-13-14-11-8-9(4-3-6-12)5-7-15(10)11/h5,7-8H,2-4,6,12H2,1H3. The maximum atomic E-state index is 5.48. The van der Waals surface area contributed by atoms with Gasteiger partial charge in [-0.1, -0.05) is 6.92 Å². The van der Waals surface area contributed by atoms with E-state index >= 15 is 0 Å². The highest BCUT2D eigenvalue weighted by Gasteiger charge is 2.03. The van der Waals surface area contributed by atoms with Crippen LogP contribution in [0.25, 0.3) is 5.65 Å². The zero-order valence-electron chi connectivity index (χ0n) is 8.98. The van der Waals surface area contributed by atoms with E-state index in [0.29, 0.717) is 0 Å². The first kappa shape index (κ1) is 10.1. The lowest BCUT2D eigenvalue weighted by molar-refractivity contribution is 0.830. The minimum atomic E-state index is 0.734. The van der Waals surface area contributed by atoms with Crippen LogP contribution in [0.5, 0.6) is 0 Å². The molecule has 0 spiro atoms. The summed E-state index contributed by atoms with van der Waals surface area (Å²) in [5.74, 6) is 1.01. The van der Waals surface area contributed by atoms with Crippen LogP contribution in [-0.2, 0) is 12.8 Å². The predicted molar refractivity (Wildman–Crippen MR) is 59.7 cm³/mol. The fourth-order valence-corrected chi connectivity index (χ4v) is 1.69. The van der Waals surface area contributed by atoms with Crippen molar-refractivity contribution < 1.29 is 0 Å². The summed E-state index contributed by atoms with van der Waals surface area (Å²) in [7, 11) is 0. The summed E-state index contributed by atoms with van der Waals surface area (Å²) in [5, 5.41) is 8.26. The molecular weight excluding hydrogens is 188 g/mol. The molecule has 0 saturated heterocycles. The number of aromatic nitrogens is 3. The number of rotatable bonds is 4. The van der Waals surface area contributed by atoms with Gasteiger partial charge in [-0.25, -0.2) is 0 Å². The molecule has 0 fully saturated rings. The molecule has 0 aliphatic rings. The van der Waals surface area contributed by atoms with Gasteiger partial charge >= 0.3 is 0 Å². The zero-order chi connectivity index (χ0) is 10.7. The van der Waals surface area contributed by atoms with Crippen LogP contribution >= 0.6 is 0 Å². The molecule has 0 bridgehead atoms. The highest BCUT2D eigenvalue weighted by molar-refractivity contribution is 5.41. The van der Waals surface area contributed by atoms with E-state index in [0.717, 1.165) is 37.3 Å². The average Bonchev–Trinajstić information content (AvgIpc) is 2.68. The third-order valence-electron chi connectivity index (χ3n) is 2.53. The van der Waals surface area contributed by atoms with Gasteiger partial charge in [0.15, 0.2) is 5.65 Å². The summed E-state index contributed by atoms with van der Waals surface area (Å²) < 4.78 is 2.03. The van der Waals surface area contributed by atoms with Crippen LogP contribution < -0.4 is 5.73 Å². The third-order valence-corrected chi connectivity index (χ3v) is 2.53. The third kappa shape index (κ3) is 1.99. The molecule has 0 aliphatic carbocycles. The molecule has 0 atom stereocenters. The first-order chi connectivity index (χ1) is 7.35. The summed E-state index contributed by atoms with van der Waals surface area (Å²) in [6, 6.07) is 4.20. The predicted octanol–water partition coefficient (Wildman–Crippen LogP) is 1.18. The normalized spacial score (nSPS) is 11.1. The fraction of sp³-hybridized carbons (Fsp3) is 0.455. The Balaban J connectivity index is 2.31. The number of nitrogens with two attached hydrogens (primary N) is 1. The lowest BCUT2D eigenvalue weighted by Crippen LogP contribution is -2.01. The smallest absolute Gasteiger partial charge is 0.161 e. The van der Waals surface area contributed by atoms with Crippen LogP contribution in [0.3, 0.4) is 0 Å². The molecular formula is C11H16N4. The van der Waals surface area contributed by atoms with Crippen LogP contribution in [0.2, 0.25) is 0 Å². The van der Waals surface area contributed by atoms with Gasteiger partial charge in [-0.15, -0.1) is 10.2 Å². The maximum Gasteiger partial charge on any atom is 0.161 e. The van der Waals surface area contributed by atoms with Crippen LogP contribution in [0.15, 0.2) is 18.3 Å². The molecule has 0 aliphatic heterocycles. The van der Waals surface area contributed by atoms with Crippen molar-refractivity contribution in [3.05, 3.63) is 29.7 Å². The molecule has 4 nitrogen and oxygen atoms in total. The molecule has 2 rings (SSSR count). The summed E-state index contributed by atoms with van der Waals surface area (Å²) in [4.78, 5) is 0. The van der Waals surface area contributed by atoms with Crippen molar-refractivity contribution in [3.8, 4) is 0 Å². The molecule has 2 aromatic heterocycles. The monoisotopic (exact) mass is 204 g/mol. The van der Waals surface area contributed by atoms with Crippen molar-refractivity contribution in [1.29, 1.82) is 0 Å². The molecule has 0 amide bonds. The second-order valence-corrected chi connectivity index (χ2v) is 3.63. The Bertz CT molecular complexity index is 447. The molecule has 0 radical (unpaired) electrons. The Labute approximate surface area is 89.1 Å². The van der Waals surface area contributed by atoms with Crippen molar-refractivity contribution in [3.63, 3.8) is 0 Å². The number of hydrogen-bond donors (Lipinski definition) is 1. The van der Waals surface area contributed by atoms with Crippen molar-refractivity contribution in [2.45, 2.75) is 26.2 Å². The van der Waals surface area contributed by atoms with Gasteiger partial charge in [-0.3, -0.25) is 4.40 Å². The van der Waals surface area contributed by atoms with Gasteiger partial charge in [-0.05, 0) is 37.1 Å².